The van der Waals surface area contributed by atoms with Crippen LogP contribution in [-0.4, -0.2) is 44.0 Å². The summed E-state index contributed by atoms with van der Waals surface area (Å²) in [5.74, 6) is 0.112. The Morgan fingerprint density at radius 3 is 2.62 bits per heavy atom. The minimum absolute atomic E-state index is 0.138. The zero-order valence-corrected chi connectivity index (χ0v) is 25.6. The van der Waals surface area contributed by atoms with Gasteiger partial charge in [-0.3, -0.25) is 9.69 Å². The van der Waals surface area contributed by atoms with Crippen molar-refractivity contribution in [3.8, 4) is 11.4 Å². The quantitative estimate of drug-likeness (QED) is 0.193. The Morgan fingerprint density at radius 1 is 1.13 bits per heavy atom. The van der Waals surface area contributed by atoms with Crippen molar-refractivity contribution in [3.05, 3.63) is 89.0 Å². The first-order valence-corrected chi connectivity index (χ1v) is 15.1. The fourth-order valence-electron chi connectivity index (χ4n) is 4.50. The maximum atomic E-state index is 12.9. The zero-order chi connectivity index (χ0) is 32.1. The second-order valence-corrected chi connectivity index (χ2v) is 11.3. The van der Waals surface area contributed by atoms with E-state index in [2.05, 4.69) is 37.4 Å². The van der Waals surface area contributed by atoms with Gasteiger partial charge in [-0.05, 0) is 73.0 Å². The molecule has 0 saturated carbocycles. The monoisotopic (exact) mass is 657 g/mol. The molecule has 2 heterocycles. The lowest BCUT2D eigenvalue weighted by Crippen LogP contribution is -2.31. The average Bonchev–Trinajstić information content (AvgIpc) is 3.59. The lowest BCUT2D eigenvalue weighted by atomic mass is 10.0. The third kappa shape index (κ3) is 8.13. The number of nitrogens with zero attached hydrogens (tertiary/aromatic N) is 5. The molecular weight excluding hydrogens is 631 g/mol. The van der Waals surface area contributed by atoms with Gasteiger partial charge in [-0.25, -0.2) is 14.5 Å². The second kappa shape index (κ2) is 13.6. The molecule has 0 aliphatic carbocycles. The SMILES string of the molecule is CCCc1ccc(C)cc1N1C(=O)CS/C1=N\C(=O)Nc1ccc(NCc2ncn(-c3ccc(OC(F)(F)F)cc3)n2)c(Cl)c1. The predicted molar refractivity (Wildman–Crippen MR) is 168 cm³/mol. The summed E-state index contributed by atoms with van der Waals surface area (Å²) in [4.78, 5) is 35.5. The van der Waals surface area contributed by atoms with E-state index in [1.165, 1.54) is 51.9 Å². The molecule has 0 atom stereocenters. The molecule has 5 rings (SSSR count). The van der Waals surface area contributed by atoms with Crippen molar-refractivity contribution < 1.29 is 27.5 Å². The number of amides is 3. The van der Waals surface area contributed by atoms with Crippen molar-refractivity contribution in [2.45, 2.75) is 39.6 Å². The number of carbonyl (C=O) groups is 2. The molecule has 1 aliphatic heterocycles. The van der Waals surface area contributed by atoms with Crippen LogP contribution in [0.1, 0.15) is 30.3 Å². The number of carbonyl (C=O) groups excluding carboxylic acids is 2. The molecule has 3 aromatic carbocycles. The van der Waals surface area contributed by atoms with Gasteiger partial charge in [-0.15, -0.1) is 18.3 Å². The number of halogens is 4. The van der Waals surface area contributed by atoms with Gasteiger partial charge in [-0.1, -0.05) is 48.8 Å². The number of aromatic nitrogens is 3. The van der Waals surface area contributed by atoms with Crippen LogP contribution in [0.15, 0.2) is 72.0 Å². The van der Waals surface area contributed by atoms with E-state index >= 15 is 0 Å². The highest BCUT2D eigenvalue weighted by molar-refractivity contribution is 8.15. The Labute approximate surface area is 265 Å². The molecule has 10 nitrogen and oxygen atoms in total. The fourth-order valence-corrected chi connectivity index (χ4v) is 5.60. The van der Waals surface area contributed by atoms with Gasteiger partial charge in [0.15, 0.2) is 11.0 Å². The van der Waals surface area contributed by atoms with Crippen LogP contribution in [0.2, 0.25) is 5.02 Å². The minimum atomic E-state index is -4.77. The van der Waals surface area contributed by atoms with Gasteiger partial charge >= 0.3 is 12.4 Å². The molecule has 0 spiro atoms. The third-order valence-corrected chi connectivity index (χ3v) is 7.73. The molecule has 4 aromatic rings. The van der Waals surface area contributed by atoms with Gasteiger partial charge in [0.25, 0.3) is 0 Å². The Morgan fingerprint density at radius 2 is 1.91 bits per heavy atom. The van der Waals surface area contributed by atoms with Gasteiger partial charge in [0, 0.05) is 5.69 Å². The van der Waals surface area contributed by atoms with E-state index in [0.29, 0.717) is 33.1 Å². The van der Waals surface area contributed by atoms with Crippen molar-refractivity contribution >= 4 is 57.5 Å². The van der Waals surface area contributed by atoms with Gasteiger partial charge in [0.1, 0.15) is 12.1 Å². The van der Waals surface area contributed by atoms with Crippen LogP contribution in [0.4, 0.5) is 35.0 Å². The average molecular weight is 658 g/mol. The second-order valence-electron chi connectivity index (χ2n) is 9.92. The number of aliphatic imine (C=N–C) groups is 1. The first-order valence-electron chi connectivity index (χ1n) is 13.7. The van der Waals surface area contributed by atoms with Gasteiger partial charge in [0.2, 0.25) is 5.91 Å². The molecule has 1 fully saturated rings. The number of hydrogen-bond donors (Lipinski definition) is 2. The molecule has 2 N–H and O–H groups in total. The highest BCUT2D eigenvalue weighted by atomic mass is 35.5. The van der Waals surface area contributed by atoms with Crippen molar-refractivity contribution in [1.29, 1.82) is 0 Å². The van der Waals surface area contributed by atoms with Gasteiger partial charge in [-0.2, -0.15) is 4.99 Å². The van der Waals surface area contributed by atoms with E-state index in [-0.39, 0.29) is 24.0 Å². The number of amidine groups is 1. The molecule has 0 bridgehead atoms. The largest absolute Gasteiger partial charge is 0.573 e. The van der Waals surface area contributed by atoms with Crippen molar-refractivity contribution in [1.82, 2.24) is 14.8 Å². The molecule has 1 saturated heterocycles. The maximum absolute atomic E-state index is 12.9. The highest BCUT2D eigenvalue weighted by Gasteiger charge is 2.32. The van der Waals surface area contributed by atoms with Gasteiger partial charge in [0.05, 0.1) is 34.4 Å². The Kier molecular flexibility index (Phi) is 9.63. The van der Waals surface area contributed by atoms with Gasteiger partial charge < -0.3 is 15.4 Å². The molecular formula is C30H27ClF3N7O3S. The van der Waals surface area contributed by atoms with E-state index in [4.69, 9.17) is 11.6 Å². The number of alkyl halides is 3. The summed E-state index contributed by atoms with van der Waals surface area (Å²) in [5, 5.41) is 10.8. The summed E-state index contributed by atoms with van der Waals surface area (Å²) in [6.45, 7) is 4.21. The van der Waals surface area contributed by atoms with Crippen molar-refractivity contribution in [2.24, 2.45) is 4.99 Å². The summed E-state index contributed by atoms with van der Waals surface area (Å²) in [7, 11) is 0. The molecule has 1 aliphatic rings. The number of thioether (sulfide) groups is 1. The first kappa shape index (κ1) is 31.9. The van der Waals surface area contributed by atoms with Crippen LogP contribution in [0.25, 0.3) is 5.69 Å². The molecule has 1 aromatic heterocycles. The van der Waals surface area contributed by atoms with E-state index < -0.39 is 12.4 Å². The summed E-state index contributed by atoms with van der Waals surface area (Å²) in [6.07, 6.45) is -1.64. The minimum Gasteiger partial charge on any atom is -0.406 e. The number of rotatable bonds is 9. The number of benzene rings is 3. The molecule has 15 heteroatoms. The first-order chi connectivity index (χ1) is 21.5. The topological polar surface area (TPSA) is 114 Å². The number of ether oxygens (including phenoxy) is 1. The number of urea groups is 1. The van der Waals surface area contributed by atoms with Crippen molar-refractivity contribution in [3.63, 3.8) is 0 Å². The summed E-state index contributed by atoms with van der Waals surface area (Å²) >= 11 is 7.66. The summed E-state index contributed by atoms with van der Waals surface area (Å²) < 4.78 is 42.5. The van der Waals surface area contributed by atoms with Crippen LogP contribution >= 0.6 is 23.4 Å². The smallest absolute Gasteiger partial charge is 0.406 e. The highest BCUT2D eigenvalue weighted by Crippen LogP contribution is 2.32. The molecule has 0 radical (unpaired) electrons. The van der Waals surface area contributed by atoms with Crippen molar-refractivity contribution in [2.75, 3.05) is 21.3 Å². The van der Waals surface area contributed by atoms with E-state index in [1.807, 2.05) is 25.1 Å². The van der Waals surface area contributed by atoms with Crippen LogP contribution in [0.5, 0.6) is 5.75 Å². The lowest BCUT2D eigenvalue weighted by Gasteiger charge is -2.20. The predicted octanol–water partition coefficient (Wildman–Crippen LogP) is 7.36. The van der Waals surface area contributed by atoms with Crippen LogP contribution < -0.4 is 20.3 Å². The molecule has 234 valence electrons. The molecule has 0 unspecified atom stereocenters. The zero-order valence-electron chi connectivity index (χ0n) is 24.1. The normalized spacial score (nSPS) is 14.2. The standard InChI is InChI=1S/C30H27ClF3N7O3S/c1-3-4-19-6-5-18(2)13-25(19)41-27(42)16-45-29(41)38-28(43)37-20-7-12-24(23(31)14-20)35-15-26-36-17-40(39-26)21-8-10-22(11-9-21)44-30(32,33)34/h5-14,17,35H,3-4,15-16H2,1-2H3,(H,37,43)/b38-29-. The van der Waals surface area contributed by atoms with E-state index in [1.54, 1.807) is 18.2 Å². The maximum Gasteiger partial charge on any atom is 0.573 e. The number of anilines is 3. The van der Waals surface area contributed by atoms with E-state index in [9.17, 15) is 22.8 Å². The van der Waals surface area contributed by atoms with Crippen LogP contribution in [0, 0.1) is 6.92 Å². The Bertz CT molecular complexity index is 1750. The summed E-state index contributed by atoms with van der Waals surface area (Å²) in [6, 6.07) is 15.4. The van der Waals surface area contributed by atoms with Crippen LogP contribution in [0.3, 0.4) is 0 Å². The number of nitrogens with one attached hydrogen (secondary N) is 2. The van der Waals surface area contributed by atoms with Crippen LogP contribution in [-0.2, 0) is 17.8 Å². The summed E-state index contributed by atoms with van der Waals surface area (Å²) in [5.41, 5.74) is 4.20. The van der Waals surface area contributed by atoms with E-state index in [0.717, 1.165) is 29.7 Å². The number of hydrogen-bond acceptors (Lipinski definition) is 7. The lowest BCUT2D eigenvalue weighted by molar-refractivity contribution is -0.274. The number of aryl methyl sites for hydroxylation is 2. The third-order valence-electron chi connectivity index (χ3n) is 6.50. The Balaban J connectivity index is 1.21. The molecule has 45 heavy (non-hydrogen) atoms. The Hall–Kier alpha value is -4.56. The molecule has 3 amide bonds. The fraction of sp³-hybridized carbons (Fsp3) is 0.233.